The van der Waals surface area contributed by atoms with Crippen LogP contribution in [0.4, 0.5) is 0 Å². The summed E-state index contributed by atoms with van der Waals surface area (Å²) in [5.41, 5.74) is 2.41. The summed E-state index contributed by atoms with van der Waals surface area (Å²) in [7, 11) is 0. The van der Waals surface area contributed by atoms with Crippen LogP contribution in [0.3, 0.4) is 0 Å². The van der Waals surface area contributed by atoms with Gasteiger partial charge in [0.05, 0.1) is 6.20 Å². The van der Waals surface area contributed by atoms with E-state index in [4.69, 9.17) is 4.52 Å². The first-order chi connectivity index (χ1) is 15.7. The third kappa shape index (κ3) is 2.66. The number of fused-ring (bicyclic) bond motifs is 8. The lowest BCUT2D eigenvalue weighted by molar-refractivity contribution is -0.226. The maximum absolute atomic E-state index is 14.4. The number of Topliss-reactive ketones (excluding diaryl/α,β-unsaturated/α-hetero) is 1. The van der Waals surface area contributed by atoms with Crippen LogP contribution >= 0.6 is 0 Å². The van der Waals surface area contributed by atoms with Crippen LogP contribution in [-0.4, -0.2) is 10.9 Å². The van der Waals surface area contributed by atoms with Crippen molar-refractivity contribution in [2.75, 3.05) is 0 Å². The predicted molar refractivity (Wildman–Crippen MR) is 135 cm³/mol. The van der Waals surface area contributed by atoms with Gasteiger partial charge in [-0.05, 0) is 96.2 Å². The smallest absolute Gasteiger partial charge is 0.145 e. The van der Waals surface area contributed by atoms with Crippen LogP contribution in [0.25, 0.3) is 0 Å². The van der Waals surface area contributed by atoms with Crippen LogP contribution in [0.5, 0.6) is 0 Å². The molecule has 4 fully saturated rings. The highest BCUT2D eigenvalue weighted by Gasteiger charge is 2.71. The third-order valence-electron chi connectivity index (χ3n) is 13.4. The van der Waals surface area contributed by atoms with E-state index in [0.717, 1.165) is 18.6 Å². The van der Waals surface area contributed by atoms with Crippen molar-refractivity contribution in [3.05, 3.63) is 17.5 Å². The van der Waals surface area contributed by atoms with E-state index in [1.165, 1.54) is 50.5 Å². The Hall–Kier alpha value is -1.12. The molecule has 0 bridgehead atoms. The summed E-state index contributed by atoms with van der Waals surface area (Å²) in [6.45, 7) is 19.9. The lowest BCUT2D eigenvalue weighted by Gasteiger charge is -2.72. The topological polar surface area (TPSA) is 43.1 Å². The molecule has 1 aromatic heterocycles. The summed E-state index contributed by atoms with van der Waals surface area (Å²) in [4.78, 5) is 14.4. The minimum atomic E-state index is -0.0283. The van der Waals surface area contributed by atoms with Crippen molar-refractivity contribution in [1.82, 2.24) is 5.16 Å². The maximum Gasteiger partial charge on any atom is 0.145 e. The molecule has 4 saturated carbocycles. The first-order valence-corrected chi connectivity index (χ1v) is 14.1. The predicted octanol–water partition coefficient (Wildman–Crippen LogP) is 7.77. The second kappa shape index (κ2) is 6.60. The molecule has 1 heterocycles. The number of ketones is 1. The zero-order valence-electron chi connectivity index (χ0n) is 23.0. The number of nitrogens with zero attached hydrogens (tertiary/aromatic N) is 1. The summed E-state index contributed by atoms with van der Waals surface area (Å²) >= 11 is 0. The van der Waals surface area contributed by atoms with Crippen molar-refractivity contribution in [1.29, 1.82) is 0 Å². The zero-order valence-corrected chi connectivity index (χ0v) is 23.0. The number of aromatic nitrogens is 1. The molecule has 1 aromatic rings. The number of hydrogen-bond acceptors (Lipinski definition) is 3. The van der Waals surface area contributed by atoms with Crippen molar-refractivity contribution < 1.29 is 9.32 Å². The second-order valence-corrected chi connectivity index (χ2v) is 15.8. The number of hydrogen-bond donors (Lipinski definition) is 0. The van der Waals surface area contributed by atoms with E-state index in [1.54, 1.807) is 0 Å². The summed E-state index contributed by atoms with van der Waals surface area (Å²) in [6.07, 6.45) is 12.6. The highest BCUT2D eigenvalue weighted by atomic mass is 16.5. The van der Waals surface area contributed by atoms with Gasteiger partial charge in [-0.2, -0.15) is 0 Å². The lowest BCUT2D eigenvalue weighted by atomic mass is 9.31. The van der Waals surface area contributed by atoms with E-state index >= 15 is 0 Å². The highest BCUT2D eigenvalue weighted by molar-refractivity contribution is 5.84. The van der Waals surface area contributed by atoms with Crippen molar-refractivity contribution in [2.45, 2.75) is 119 Å². The molecular weight excluding hydrogens is 418 g/mol. The van der Waals surface area contributed by atoms with Gasteiger partial charge >= 0.3 is 0 Å². The first-order valence-electron chi connectivity index (χ1n) is 14.1. The van der Waals surface area contributed by atoms with E-state index in [1.807, 2.05) is 6.20 Å². The van der Waals surface area contributed by atoms with Gasteiger partial charge in [-0.1, -0.05) is 60.5 Å². The van der Waals surface area contributed by atoms with E-state index in [9.17, 15) is 4.79 Å². The fourth-order valence-corrected chi connectivity index (χ4v) is 11.3. The molecule has 5 aliphatic carbocycles. The number of carbonyl (C=O) groups is 1. The molecule has 0 unspecified atom stereocenters. The Morgan fingerprint density at radius 3 is 2.32 bits per heavy atom. The molecule has 5 aliphatic rings. The second-order valence-electron chi connectivity index (χ2n) is 15.8. The summed E-state index contributed by atoms with van der Waals surface area (Å²) in [6, 6.07) is 0. The SMILES string of the molecule is CC1(C)CC[C@]2(C)CC[C@]3(C)[C@H](C(=O)C[C@@H]4[C@@]5(C)Cc6cnoc6C(C)(C)[C@@H]5CC[C@]43C)[C@@H]2C1. The van der Waals surface area contributed by atoms with E-state index in [0.29, 0.717) is 34.4 Å². The highest BCUT2D eigenvalue weighted by Crippen LogP contribution is 2.75. The first kappa shape index (κ1) is 23.3. The average molecular weight is 466 g/mol. The van der Waals surface area contributed by atoms with Crippen molar-refractivity contribution >= 4 is 5.78 Å². The van der Waals surface area contributed by atoms with E-state index in [2.05, 4.69) is 60.5 Å². The average Bonchev–Trinajstić information content (AvgIpc) is 3.20. The molecular formula is C31H47NO2. The Morgan fingerprint density at radius 2 is 1.59 bits per heavy atom. The summed E-state index contributed by atoms with van der Waals surface area (Å²) in [5, 5.41) is 4.23. The van der Waals surface area contributed by atoms with Gasteiger partial charge in [0.25, 0.3) is 0 Å². The minimum absolute atomic E-state index is 0.0283. The Labute approximate surface area is 207 Å². The van der Waals surface area contributed by atoms with Gasteiger partial charge in [0.1, 0.15) is 11.5 Å². The molecule has 34 heavy (non-hydrogen) atoms. The van der Waals surface area contributed by atoms with Gasteiger partial charge in [-0.3, -0.25) is 4.79 Å². The van der Waals surface area contributed by atoms with Crippen LogP contribution in [0.15, 0.2) is 10.7 Å². The maximum atomic E-state index is 14.4. The number of carbonyl (C=O) groups excluding carboxylic acids is 1. The summed E-state index contributed by atoms with van der Waals surface area (Å²) < 4.78 is 5.83. The van der Waals surface area contributed by atoms with Crippen LogP contribution in [0.1, 0.15) is 118 Å². The molecule has 8 atom stereocenters. The Kier molecular flexibility index (Phi) is 4.52. The van der Waals surface area contributed by atoms with Crippen molar-refractivity contribution in [3.8, 4) is 0 Å². The fourth-order valence-electron chi connectivity index (χ4n) is 11.3. The third-order valence-corrected chi connectivity index (χ3v) is 13.4. The van der Waals surface area contributed by atoms with E-state index < -0.39 is 0 Å². The van der Waals surface area contributed by atoms with Crippen LogP contribution in [-0.2, 0) is 16.6 Å². The van der Waals surface area contributed by atoms with Crippen LogP contribution < -0.4 is 0 Å². The molecule has 0 N–H and O–H groups in total. The zero-order chi connectivity index (χ0) is 24.5. The number of rotatable bonds is 0. The van der Waals surface area contributed by atoms with Gasteiger partial charge in [0.15, 0.2) is 0 Å². The molecule has 0 amide bonds. The van der Waals surface area contributed by atoms with Crippen LogP contribution in [0, 0.1) is 50.7 Å². The van der Waals surface area contributed by atoms with Gasteiger partial charge < -0.3 is 4.52 Å². The largest absolute Gasteiger partial charge is 0.361 e. The Balaban J connectivity index is 1.45. The Morgan fingerprint density at radius 1 is 0.882 bits per heavy atom. The van der Waals surface area contributed by atoms with Gasteiger partial charge in [0, 0.05) is 23.3 Å². The quantitative estimate of drug-likeness (QED) is 0.393. The molecule has 0 aliphatic heterocycles. The molecule has 0 aromatic carbocycles. The van der Waals surface area contributed by atoms with E-state index in [-0.39, 0.29) is 27.6 Å². The molecule has 3 nitrogen and oxygen atoms in total. The monoisotopic (exact) mass is 465 g/mol. The lowest BCUT2D eigenvalue weighted by Crippen LogP contribution is -2.68. The molecule has 0 saturated heterocycles. The minimum Gasteiger partial charge on any atom is -0.361 e. The normalized spacial score (nSPS) is 50.9. The van der Waals surface area contributed by atoms with Crippen LogP contribution in [0.2, 0.25) is 0 Å². The standard InChI is InChI=1S/C31H47NO2/c1-26(2)11-12-28(5)13-14-31(8)24(20(28)17-26)21(33)15-23-29(6)16-19-18-32-34-25(19)27(3,4)22(29)9-10-30(23,31)7/h18,20,22-24H,9-17H2,1-8H3/t20-,22-,23+,24-,28+,29-,30+,31+/m0/s1. The van der Waals surface area contributed by atoms with Crippen molar-refractivity contribution in [3.63, 3.8) is 0 Å². The van der Waals surface area contributed by atoms with Gasteiger partial charge in [-0.15, -0.1) is 0 Å². The summed E-state index contributed by atoms with van der Waals surface area (Å²) in [5.74, 6) is 3.48. The van der Waals surface area contributed by atoms with Gasteiger partial charge in [-0.25, -0.2) is 0 Å². The molecule has 3 heteroatoms. The fraction of sp³-hybridized carbons (Fsp3) is 0.871. The molecule has 188 valence electrons. The molecule has 0 radical (unpaired) electrons. The molecule has 6 rings (SSSR count). The Bertz CT molecular complexity index is 1040. The molecule has 0 spiro atoms. The van der Waals surface area contributed by atoms with Gasteiger partial charge in [0.2, 0.25) is 0 Å². The van der Waals surface area contributed by atoms with Crippen molar-refractivity contribution in [2.24, 2.45) is 50.7 Å².